The van der Waals surface area contributed by atoms with Crippen molar-refractivity contribution in [2.45, 2.75) is 6.92 Å². The summed E-state index contributed by atoms with van der Waals surface area (Å²) in [5.74, 6) is 0.987. The topological polar surface area (TPSA) is 51.8 Å². The molecule has 4 aromatic rings. The maximum Gasteiger partial charge on any atom is 0.258 e. The summed E-state index contributed by atoms with van der Waals surface area (Å²) in [7, 11) is 0. The van der Waals surface area contributed by atoms with Gasteiger partial charge in [0.05, 0.1) is 10.7 Å². The lowest BCUT2D eigenvalue weighted by Crippen LogP contribution is -1.84. The van der Waals surface area contributed by atoms with Crippen molar-refractivity contribution in [1.82, 2.24) is 15.1 Å². The summed E-state index contributed by atoms with van der Waals surface area (Å²) in [4.78, 5) is 9.00. The highest BCUT2D eigenvalue weighted by molar-refractivity contribution is 7.09. The summed E-state index contributed by atoms with van der Waals surface area (Å²) >= 11 is 7.64. The van der Waals surface area contributed by atoms with Crippen LogP contribution < -0.4 is 0 Å². The Labute approximate surface area is 147 Å². The van der Waals surface area contributed by atoms with Crippen LogP contribution in [0.25, 0.3) is 34.1 Å². The van der Waals surface area contributed by atoms with Crippen molar-refractivity contribution in [2.75, 3.05) is 0 Å². The fourth-order valence-corrected chi connectivity index (χ4v) is 3.21. The molecular formula is C18H12ClN3OS. The van der Waals surface area contributed by atoms with Crippen molar-refractivity contribution in [3.8, 4) is 34.1 Å². The molecule has 0 aliphatic rings. The second-order valence-electron chi connectivity index (χ2n) is 5.27. The van der Waals surface area contributed by atoms with Crippen LogP contribution in [0.2, 0.25) is 5.02 Å². The van der Waals surface area contributed by atoms with Crippen LogP contribution in [0.4, 0.5) is 0 Å². The fourth-order valence-electron chi connectivity index (χ4n) is 2.39. The van der Waals surface area contributed by atoms with Crippen LogP contribution in [0.3, 0.4) is 0 Å². The molecule has 4 rings (SSSR count). The van der Waals surface area contributed by atoms with Crippen molar-refractivity contribution in [1.29, 1.82) is 0 Å². The summed E-state index contributed by atoms with van der Waals surface area (Å²) in [6.07, 6.45) is 0. The summed E-state index contributed by atoms with van der Waals surface area (Å²) in [6, 6.07) is 15.3. The molecule has 0 aliphatic heterocycles. The molecule has 0 bridgehead atoms. The zero-order chi connectivity index (χ0) is 16.5. The van der Waals surface area contributed by atoms with Crippen LogP contribution in [0.15, 0.2) is 58.4 Å². The van der Waals surface area contributed by atoms with Gasteiger partial charge in [0.2, 0.25) is 5.82 Å². The van der Waals surface area contributed by atoms with Gasteiger partial charge in [-0.05, 0) is 31.2 Å². The molecule has 4 nitrogen and oxygen atoms in total. The van der Waals surface area contributed by atoms with Crippen LogP contribution >= 0.6 is 22.9 Å². The Hall–Kier alpha value is -2.50. The van der Waals surface area contributed by atoms with E-state index in [-0.39, 0.29) is 0 Å². The van der Waals surface area contributed by atoms with E-state index >= 15 is 0 Å². The molecule has 0 radical (unpaired) electrons. The van der Waals surface area contributed by atoms with Gasteiger partial charge in [0, 0.05) is 27.1 Å². The van der Waals surface area contributed by atoms with E-state index < -0.39 is 0 Å². The zero-order valence-electron chi connectivity index (χ0n) is 12.7. The first kappa shape index (κ1) is 15.1. The van der Waals surface area contributed by atoms with Crippen LogP contribution in [0.1, 0.15) is 5.01 Å². The monoisotopic (exact) mass is 353 g/mol. The molecule has 0 unspecified atom stereocenters. The number of halogens is 1. The fraction of sp³-hybridized carbons (Fsp3) is 0.0556. The second-order valence-corrected chi connectivity index (χ2v) is 6.76. The molecule has 6 heteroatoms. The van der Waals surface area contributed by atoms with Gasteiger partial charge in [0.1, 0.15) is 0 Å². The maximum atomic E-state index is 6.01. The quantitative estimate of drug-likeness (QED) is 0.488. The third-order valence-electron chi connectivity index (χ3n) is 3.53. The molecule has 0 saturated heterocycles. The van der Waals surface area contributed by atoms with Gasteiger partial charge in [-0.25, -0.2) is 4.98 Å². The van der Waals surface area contributed by atoms with Crippen molar-refractivity contribution in [3.05, 3.63) is 63.9 Å². The van der Waals surface area contributed by atoms with E-state index in [1.165, 1.54) is 0 Å². The molecule has 0 saturated carbocycles. The predicted octanol–water partition coefficient (Wildman–Crippen LogP) is 5.49. The van der Waals surface area contributed by atoms with E-state index in [1.807, 2.05) is 54.8 Å². The zero-order valence-corrected chi connectivity index (χ0v) is 14.3. The molecule has 24 heavy (non-hydrogen) atoms. The van der Waals surface area contributed by atoms with Crippen molar-refractivity contribution in [2.24, 2.45) is 0 Å². The van der Waals surface area contributed by atoms with Crippen molar-refractivity contribution >= 4 is 22.9 Å². The van der Waals surface area contributed by atoms with E-state index in [4.69, 9.17) is 16.1 Å². The van der Waals surface area contributed by atoms with E-state index in [9.17, 15) is 0 Å². The normalized spacial score (nSPS) is 10.9. The number of nitrogens with zero attached hydrogens (tertiary/aromatic N) is 3. The number of rotatable bonds is 3. The Bertz CT molecular complexity index is 1010. The van der Waals surface area contributed by atoms with Crippen molar-refractivity contribution < 1.29 is 4.52 Å². The van der Waals surface area contributed by atoms with Crippen LogP contribution in [0.5, 0.6) is 0 Å². The van der Waals surface area contributed by atoms with Gasteiger partial charge in [-0.2, -0.15) is 4.98 Å². The average molecular weight is 354 g/mol. The highest BCUT2D eigenvalue weighted by atomic mass is 35.5. The van der Waals surface area contributed by atoms with Gasteiger partial charge in [0.25, 0.3) is 5.89 Å². The Morgan fingerprint density at radius 1 is 0.958 bits per heavy atom. The SMILES string of the molecule is Cc1nc(-c2cccc(-c3noc(-c4cccc(Cl)c4)n3)c2)cs1. The van der Waals surface area contributed by atoms with E-state index in [1.54, 1.807) is 17.4 Å². The average Bonchev–Trinajstić information content (AvgIpc) is 3.24. The molecule has 0 fully saturated rings. The van der Waals surface area contributed by atoms with Crippen molar-refractivity contribution in [3.63, 3.8) is 0 Å². The first-order valence-corrected chi connectivity index (χ1v) is 8.57. The molecule has 0 amide bonds. The Morgan fingerprint density at radius 2 is 1.75 bits per heavy atom. The molecule has 0 aliphatic carbocycles. The third-order valence-corrected chi connectivity index (χ3v) is 4.54. The number of hydrogen-bond acceptors (Lipinski definition) is 5. The minimum Gasteiger partial charge on any atom is -0.334 e. The molecule has 118 valence electrons. The first-order chi connectivity index (χ1) is 11.7. The van der Waals surface area contributed by atoms with Gasteiger partial charge in [-0.3, -0.25) is 0 Å². The lowest BCUT2D eigenvalue weighted by atomic mass is 10.1. The second kappa shape index (κ2) is 6.19. The minimum absolute atomic E-state index is 0.447. The molecular weight excluding hydrogens is 342 g/mol. The number of benzene rings is 2. The van der Waals surface area contributed by atoms with Gasteiger partial charge in [0.15, 0.2) is 0 Å². The van der Waals surface area contributed by atoms with Gasteiger partial charge in [-0.15, -0.1) is 11.3 Å². The largest absolute Gasteiger partial charge is 0.334 e. The van der Waals surface area contributed by atoms with Crippen LogP contribution in [-0.4, -0.2) is 15.1 Å². The Morgan fingerprint density at radius 3 is 2.54 bits per heavy atom. The van der Waals surface area contributed by atoms with E-state index in [2.05, 4.69) is 15.1 Å². The number of thiazole rings is 1. The molecule has 0 N–H and O–H groups in total. The number of hydrogen-bond donors (Lipinski definition) is 0. The summed E-state index contributed by atoms with van der Waals surface area (Å²) < 4.78 is 5.38. The molecule has 2 heterocycles. The number of aryl methyl sites for hydroxylation is 1. The maximum absolute atomic E-state index is 6.01. The third kappa shape index (κ3) is 2.96. The number of aromatic nitrogens is 3. The molecule has 2 aromatic heterocycles. The summed E-state index contributed by atoms with van der Waals surface area (Å²) in [6.45, 7) is 1.99. The smallest absolute Gasteiger partial charge is 0.258 e. The van der Waals surface area contributed by atoms with Gasteiger partial charge >= 0.3 is 0 Å². The highest BCUT2D eigenvalue weighted by Gasteiger charge is 2.12. The highest BCUT2D eigenvalue weighted by Crippen LogP contribution is 2.28. The summed E-state index contributed by atoms with van der Waals surface area (Å²) in [5, 5.41) is 7.80. The Balaban J connectivity index is 1.70. The van der Waals surface area contributed by atoms with Gasteiger partial charge < -0.3 is 4.52 Å². The first-order valence-electron chi connectivity index (χ1n) is 7.31. The predicted molar refractivity (Wildman–Crippen MR) is 96.0 cm³/mol. The molecule has 2 aromatic carbocycles. The minimum atomic E-state index is 0.447. The van der Waals surface area contributed by atoms with Gasteiger partial charge in [-0.1, -0.05) is 41.0 Å². The van der Waals surface area contributed by atoms with Crippen LogP contribution in [-0.2, 0) is 0 Å². The molecule has 0 spiro atoms. The summed E-state index contributed by atoms with van der Waals surface area (Å²) in [5.41, 5.74) is 3.67. The van der Waals surface area contributed by atoms with E-state index in [0.717, 1.165) is 27.4 Å². The molecule has 0 atom stereocenters. The van der Waals surface area contributed by atoms with E-state index in [0.29, 0.717) is 16.7 Å². The Kier molecular flexibility index (Phi) is 3.88. The lowest BCUT2D eigenvalue weighted by molar-refractivity contribution is 0.432. The standard InChI is InChI=1S/C18H12ClN3OS/c1-11-20-16(10-24-11)12-4-2-5-13(8-12)17-21-18(23-22-17)14-6-3-7-15(19)9-14/h2-10H,1H3. The lowest BCUT2D eigenvalue weighted by Gasteiger charge is -1.99. The van der Waals surface area contributed by atoms with Crippen LogP contribution in [0, 0.1) is 6.92 Å².